The fourth-order valence-electron chi connectivity index (χ4n) is 0.642. The Balaban J connectivity index is 3.62. The fraction of sp³-hybridized carbons (Fsp3) is 0.625. The summed E-state index contributed by atoms with van der Waals surface area (Å²) in [7, 11) is 0. The Bertz CT molecular complexity index is 209. The molecule has 0 heterocycles. The van der Waals surface area contributed by atoms with E-state index in [-0.39, 0.29) is 19.3 Å². The number of carboxylic acids is 1. The van der Waals surface area contributed by atoms with Crippen LogP contribution in [0.2, 0.25) is 0 Å². The second-order valence-electron chi connectivity index (χ2n) is 2.49. The first-order valence-corrected chi connectivity index (χ1v) is 4.01. The highest BCUT2D eigenvalue weighted by Crippen LogP contribution is 1.97. The first-order chi connectivity index (χ1) is 6.06. The van der Waals surface area contributed by atoms with Crippen LogP contribution in [0.1, 0.15) is 32.6 Å². The SMILES string of the molecule is CCCC(=O)OC(=O)CCC(=O)O. The minimum absolute atomic E-state index is 0.179. The number of esters is 2. The molecule has 1 N–H and O–H groups in total. The maximum Gasteiger partial charge on any atom is 0.314 e. The van der Waals surface area contributed by atoms with Gasteiger partial charge in [-0.3, -0.25) is 14.4 Å². The van der Waals surface area contributed by atoms with Crippen molar-refractivity contribution in [2.45, 2.75) is 32.6 Å². The summed E-state index contributed by atoms with van der Waals surface area (Å²) in [6.45, 7) is 1.78. The smallest absolute Gasteiger partial charge is 0.314 e. The number of rotatable bonds is 5. The molecule has 0 aromatic rings. The third-order valence-corrected chi connectivity index (χ3v) is 1.22. The highest BCUT2D eigenvalue weighted by molar-refractivity contribution is 5.86. The lowest BCUT2D eigenvalue weighted by molar-refractivity contribution is -0.161. The second kappa shape index (κ2) is 6.16. The molecule has 5 heteroatoms. The van der Waals surface area contributed by atoms with Crippen molar-refractivity contribution in [1.29, 1.82) is 0 Å². The van der Waals surface area contributed by atoms with E-state index < -0.39 is 17.9 Å². The maximum absolute atomic E-state index is 10.7. The van der Waals surface area contributed by atoms with Crippen molar-refractivity contribution < 1.29 is 24.2 Å². The van der Waals surface area contributed by atoms with Crippen LogP contribution >= 0.6 is 0 Å². The van der Waals surface area contributed by atoms with Crippen LogP contribution in [-0.2, 0) is 19.1 Å². The zero-order valence-corrected chi connectivity index (χ0v) is 7.41. The summed E-state index contributed by atoms with van der Waals surface area (Å²) in [5.74, 6) is -2.46. The first-order valence-electron chi connectivity index (χ1n) is 4.01. The van der Waals surface area contributed by atoms with Gasteiger partial charge in [0.1, 0.15) is 0 Å². The number of aliphatic carboxylic acids is 1. The molecule has 0 saturated heterocycles. The van der Waals surface area contributed by atoms with E-state index in [9.17, 15) is 14.4 Å². The van der Waals surface area contributed by atoms with E-state index in [1.165, 1.54) is 0 Å². The molecular weight excluding hydrogens is 176 g/mol. The van der Waals surface area contributed by atoms with Crippen LogP contribution in [0.4, 0.5) is 0 Å². The van der Waals surface area contributed by atoms with E-state index in [0.29, 0.717) is 6.42 Å². The van der Waals surface area contributed by atoms with Crippen LogP contribution in [0, 0.1) is 0 Å². The number of hydrogen-bond donors (Lipinski definition) is 1. The molecule has 0 fully saturated rings. The number of hydrogen-bond acceptors (Lipinski definition) is 4. The highest BCUT2D eigenvalue weighted by Gasteiger charge is 2.10. The van der Waals surface area contributed by atoms with Crippen LogP contribution < -0.4 is 0 Å². The summed E-state index contributed by atoms with van der Waals surface area (Å²) in [6, 6.07) is 0. The van der Waals surface area contributed by atoms with Crippen LogP contribution in [0.5, 0.6) is 0 Å². The highest BCUT2D eigenvalue weighted by atomic mass is 16.6. The molecule has 0 spiro atoms. The molecule has 0 aromatic heterocycles. The minimum Gasteiger partial charge on any atom is -0.481 e. The molecule has 74 valence electrons. The van der Waals surface area contributed by atoms with Gasteiger partial charge >= 0.3 is 17.9 Å². The van der Waals surface area contributed by atoms with Crippen LogP contribution in [0.15, 0.2) is 0 Å². The average Bonchev–Trinajstić information content (AvgIpc) is 2.01. The fourth-order valence-corrected chi connectivity index (χ4v) is 0.642. The van der Waals surface area contributed by atoms with Gasteiger partial charge in [0.25, 0.3) is 0 Å². The number of ether oxygens (including phenoxy) is 1. The lowest BCUT2D eigenvalue weighted by Gasteiger charge is -1.99. The number of carbonyl (C=O) groups is 3. The molecule has 5 nitrogen and oxygen atoms in total. The summed E-state index contributed by atoms with van der Waals surface area (Å²) in [5, 5.41) is 8.21. The zero-order chi connectivity index (χ0) is 10.3. The average molecular weight is 188 g/mol. The molecule has 0 aliphatic rings. The van der Waals surface area contributed by atoms with Gasteiger partial charge in [0.15, 0.2) is 0 Å². The van der Waals surface area contributed by atoms with E-state index >= 15 is 0 Å². The lowest BCUT2D eigenvalue weighted by Crippen LogP contribution is -2.13. The summed E-state index contributed by atoms with van der Waals surface area (Å²) in [4.78, 5) is 31.5. The van der Waals surface area contributed by atoms with E-state index in [0.717, 1.165) is 0 Å². The van der Waals surface area contributed by atoms with Crippen molar-refractivity contribution in [3.05, 3.63) is 0 Å². The largest absolute Gasteiger partial charge is 0.481 e. The quantitative estimate of drug-likeness (QED) is 0.508. The third-order valence-electron chi connectivity index (χ3n) is 1.22. The summed E-state index contributed by atoms with van der Waals surface area (Å²) in [5.41, 5.74) is 0. The normalized spacial score (nSPS) is 9.31. The van der Waals surface area contributed by atoms with Crippen molar-refractivity contribution in [2.24, 2.45) is 0 Å². The van der Waals surface area contributed by atoms with Gasteiger partial charge in [-0.2, -0.15) is 0 Å². The standard InChI is InChI=1S/C8H12O5/c1-2-3-7(11)13-8(12)5-4-6(9)10/h2-5H2,1H3,(H,9,10). The number of carboxylic acid groups (broad SMARTS) is 1. The molecule has 0 bridgehead atoms. The molecule has 0 aliphatic heterocycles. The summed E-state index contributed by atoms with van der Waals surface area (Å²) in [6.07, 6.45) is 0.215. The molecule has 0 aromatic carbocycles. The Hall–Kier alpha value is -1.39. The zero-order valence-electron chi connectivity index (χ0n) is 7.41. The van der Waals surface area contributed by atoms with Crippen LogP contribution in [0.3, 0.4) is 0 Å². The topological polar surface area (TPSA) is 80.7 Å². The number of carbonyl (C=O) groups excluding carboxylic acids is 2. The molecule has 0 amide bonds. The van der Waals surface area contributed by atoms with Crippen molar-refractivity contribution in [1.82, 2.24) is 0 Å². The van der Waals surface area contributed by atoms with E-state index in [1.54, 1.807) is 6.92 Å². The molecule has 0 atom stereocenters. The van der Waals surface area contributed by atoms with E-state index in [1.807, 2.05) is 0 Å². The molecule has 0 saturated carbocycles. The van der Waals surface area contributed by atoms with Crippen LogP contribution in [-0.4, -0.2) is 23.0 Å². The van der Waals surface area contributed by atoms with Crippen molar-refractivity contribution in [3.8, 4) is 0 Å². The van der Waals surface area contributed by atoms with Gasteiger partial charge in [0.05, 0.1) is 12.8 Å². The molecular formula is C8H12O5. The predicted octanol–water partition coefficient (Wildman–Crippen LogP) is 0.721. The van der Waals surface area contributed by atoms with E-state index in [2.05, 4.69) is 4.74 Å². The Morgan fingerprint density at radius 2 is 1.62 bits per heavy atom. The Labute approximate surface area is 75.7 Å². The molecule has 0 radical (unpaired) electrons. The van der Waals surface area contributed by atoms with Gasteiger partial charge in [0, 0.05) is 6.42 Å². The van der Waals surface area contributed by atoms with Gasteiger partial charge in [0.2, 0.25) is 0 Å². The van der Waals surface area contributed by atoms with Crippen molar-refractivity contribution in [2.75, 3.05) is 0 Å². The minimum atomic E-state index is -1.08. The van der Waals surface area contributed by atoms with Gasteiger partial charge in [-0.15, -0.1) is 0 Å². The van der Waals surface area contributed by atoms with Crippen LogP contribution in [0.25, 0.3) is 0 Å². The van der Waals surface area contributed by atoms with Crippen molar-refractivity contribution in [3.63, 3.8) is 0 Å². The maximum atomic E-state index is 10.7. The first kappa shape index (κ1) is 11.6. The molecule has 13 heavy (non-hydrogen) atoms. The lowest BCUT2D eigenvalue weighted by atomic mass is 10.3. The summed E-state index contributed by atoms with van der Waals surface area (Å²) >= 11 is 0. The third kappa shape index (κ3) is 6.99. The van der Waals surface area contributed by atoms with E-state index in [4.69, 9.17) is 5.11 Å². The Morgan fingerprint density at radius 3 is 2.08 bits per heavy atom. The van der Waals surface area contributed by atoms with Gasteiger partial charge in [-0.05, 0) is 6.42 Å². The Kier molecular flexibility index (Phi) is 5.50. The monoisotopic (exact) mass is 188 g/mol. The van der Waals surface area contributed by atoms with Gasteiger partial charge in [-0.1, -0.05) is 6.92 Å². The molecule has 0 aliphatic carbocycles. The molecule has 0 unspecified atom stereocenters. The summed E-state index contributed by atoms with van der Waals surface area (Å²) < 4.78 is 4.30. The van der Waals surface area contributed by atoms with Crippen molar-refractivity contribution >= 4 is 17.9 Å². The second-order valence-corrected chi connectivity index (χ2v) is 2.49. The van der Waals surface area contributed by atoms with Gasteiger partial charge < -0.3 is 9.84 Å². The Morgan fingerprint density at radius 1 is 1.08 bits per heavy atom. The predicted molar refractivity (Wildman–Crippen MR) is 42.9 cm³/mol. The molecule has 0 rings (SSSR count). The van der Waals surface area contributed by atoms with Gasteiger partial charge in [-0.25, -0.2) is 0 Å².